The van der Waals surface area contributed by atoms with Gasteiger partial charge in [0, 0.05) is 25.4 Å². The normalized spacial score (nSPS) is 18.9. The third-order valence-electron chi connectivity index (χ3n) is 4.30. The quantitative estimate of drug-likeness (QED) is 0.857. The first kappa shape index (κ1) is 15.9. The van der Waals surface area contributed by atoms with Gasteiger partial charge in [0.2, 0.25) is 0 Å². The molecule has 116 valence electrons. The molecule has 1 unspecified atom stereocenters. The summed E-state index contributed by atoms with van der Waals surface area (Å²) in [5.41, 5.74) is 2.59. The summed E-state index contributed by atoms with van der Waals surface area (Å²) in [6, 6.07) is 0.222. The molecule has 0 aliphatic carbocycles. The second-order valence-electron chi connectivity index (χ2n) is 7.03. The monoisotopic (exact) mass is 289 g/mol. The highest BCUT2D eigenvalue weighted by Crippen LogP contribution is 2.30. The predicted molar refractivity (Wildman–Crippen MR) is 84.6 cm³/mol. The van der Waals surface area contributed by atoms with Gasteiger partial charge in [0.15, 0.2) is 0 Å². The average Bonchev–Trinajstić information content (AvgIpc) is 2.40. The zero-order valence-corrected chi connectivity index (χ0v) is 14.3. The standard InChI is InChI=1S/C17H27N3O/c1-9(2)13-8-12-14(17(21)20(13)7)15(10(3)4)19-16(18-12)11(5)6/h9-11,13H,8H2,1-7H3. The van der Waals surface area contributed by atoms with E-state index in [4.69, 9.17) is 4.98 Å². The molecule has 0 spiro atoms. The number of likely N-dealkylation sites (N-methyl/N-ethyl adjacent to an activating group) is 1. The fourth-order valence-electron chi connectivity index (χ4n) is 2.95. The highest BCUT2D eigenvalue weighted by Gasteiger charge is 2.35. The highest BCUT2D eigenvalue weighted by atomic mass is 16.2. The molecule has 0 bridgehead atoms. The molecule has 1 aromatic heterocycles. The number of aromatic nitrogens is 2. The van der Waals surface area contributed by atoms with Crippen LogP contribution in [0.1, 0.15) is 80.9 Å². The van der Waals surface area contributed by atoms with E-state index in [1.165, 1.54) is 0 Å². The molecule has 2 heterocycles. The van der Waals surface area contributed by atoms with Crippen molar-refractivity contribution in [2.75, 3.05) is 7.05 Å². The van der Waals surface area contributed by atoms with Crippen molar-refractivity contribution in [1.29, 1.82) is 0 Å². The summed E-state index contributed by atoms with van der Waals surface area (Å²) in [6.07, 6.45) is 0.831. The summed E-state index contributed by atoms with van der Waals surface area (Å²) in [4.78, 5) is 24.1. The van der Waals surface area contributed by atoms with E-state index in [1.54, 1.807) is 0 Å². The van der Waals surface area contributed by atoms with Crippen LogP contribution in [0.2, 0.25) is 0 Å². The molecule has 0 aromatic carbocycles. The largest absolute Gasteiger partial charge is 0.338 e. The topological polar surface area (TPSA) is 46.1 Å². The fourth-order valence-corrected chi connectivity index (χ4v) is 2.95. The molecule has 0 fully saturated rings. The van der Waals surface area contributed by atoms with Crippen molar-refractivity contribution in [3.63, 3.8) is 0 Å². The maximum Gasteiger partial charge on any atom is 0.257 e. The van der Waals surface area contributed by atoms with Crippen molar-refractivity contribution in [3.05, 3.63) is 22.8 Å². The van der Waals surface area contributed by atoms with E-state index in [1.807, 2.05) is 11.9 Å². The van der Waals surface area contributed by atoms with Crippen molar-refractivity contribution in [1.82, 2.24) is 14.9 Å². The van der Waals surface area contributed by atoms with Crippen molar-refractivity contribution in [3.8, 4) is 0 Å². The summed E-state index contributed by atoms with van der Waals surface area (Å²) < 4.78 is 0. The summed E-state index contributed by atoms with van der Waals surface area (Å²) in [6.45, 7) is 12.7. The number of carbonyl (C=O) groups excluding carboxylic acids is 1. The van der Waals surface area contributed by atoms with Gasteiger partial charge in [0.05, 0.1) is 17.0 Å². The van der Waals surface area contributed by atoms with E-state index in [2.05, 4.69) is 46.5 Å². The molecule has 2 rings (SSSR count). The van der Waals surface area contributed by atoms with Crippen LogP contribution < -0.4 is 0 Å². The number of rotatable bonds is 3. The zero-order chi connectivity index (χ0) is 15.9. The first-order valence-corrected chi connectivity index (χ1v) is 7.91. The van der Waals surface area contributed by atoms with Crippen LogP contribution in [0, 0.1) is 5.92 Å². The molecule has 1 aliphatic rings. The van der Waals surface area contributed by atoms with Gasteiger partial charge >= 0.3 is 0 Å². The minimum Gasteiger partial charge on any atom is -0.338 e. The maximum absolute atomic E-state index is 12.8. The first-order chi connectivity index (χ1) is 9.73. The van der Waals surface area contributed by atoms with Crippen LogP contribution in [0.15, 0.2) is 0 Å². The molecule has 1 atom stereocenters. The Morgan fingerprint density at radius 2 is 1.67 bits per heavy atom. The molecule has 1 aliphatic heterocycles. The number of carbonyl (C=O) groups is 1. The number of hydrogen-bond acceptors (Lipinski definition) is 3. The minimum atomic E-state index is 0.0777. The molecule has 0 N–H and O–H groups in total. The van der Waals surface area contributed by atoms with Gasteiger partial charge in [-0.3, -0.25) is 4.79 Å². The molecule has 1 amide bonds. The van der Waals surface area contributed by atoms with E-state index >= 15 is 0 Å². The zero-order valence-electron chi connectivity index (χ0n) is 14.3. The average molecular weight is 289 g/mol. The molecule has 4 nitrogen and oxygen atoms in total. The fraction of sp³-hybridized carbons (Fsp3) is 0.706. The second-order valence-corrected chi connectivity index (χ2v) is 7.03. The number of nitrogens with zero attached hydrogens (tertiary/aromatic N) is 3. The van der Waals surface area contributed by atoms with Gasteiger partial charge in [-0.2, -0.15) is 0 Å². The van der Waals surface area contributed by atoms with Gasteiger partial charge in [0.25, 0.3) is 5.91 Å². The van der Waals surface area contributed by atoms with Crippen LogP contribution >= 0.6 is 0 Å². The smallest absolute Gasteiger partial charge is 0.257 e. The summed E-state index contributed by atoms with van der Waals surface area (Å²) >= 11 is 0. The highest BCUT2D eigenvalue weighted by molar-refractivity contribution is 5.97. The lowest BCUT2D eigenvalue weighted by Gasteiger charge is -2.37. The van der Waals surface area contributed by atoms with E-state index in [-0.39, 0.29) is 23.8 Å². The summed E-state index contributed by atoms with van der Waals surface area (Å²) in [5, 5.41) is 0. The van der Waals surface area contributed by atoms with E-state index < -0.39 is 0 Å². The Bertz CT molecular complexity index is 549. The lowest BCUT2D eigenvalue weighted by molar-refractivity contribution is 0.0653. The van der Waals surface area contributed by atoms with Crippen LogP contribution in [0.3, 0.4) is 0 Å². The van der Waals surface area contributed by atoms with Crippen LogP contribution in [-0.2, 0) is 6.42 Å². The molecule has 4 heteroatoms. The SMILES string of the molecule is CC(C)c1nc2c(c(C(C)C)n1)C(=O)N(C)C(C(C)C)C2. The van der Waals surface area contributed by atoms with Crippen molar-refractivity contribution in [2.45, 2.75) is 65.8 Å². The summed E-state index contributed by atoms with van der Waals surface area (Å²) in [5.74, 6) is 1.87. The van der Waals surface area contributed by atoms with Gasteiger partial charge in [0.1, 0.15) is 5.82 Å². The van der Waals surface area contributed by atoms with Gasteiger partial charge in [-0.25, -0.2) is 9.97 Å². The van der Waals surface area contributed by atoms with Gasteiger partial charge in [-0.05, 0) is 11.8 Å². The predicted octanol–water partition coefficient (Wildman–Crippen LogP) is 3.38. The molecule has 0 saturated heterocycles. The van der Waals surface area contributed by atoms with Gasteiger partial charge < -0.3 is 4.90 Å². The lowest BCUT2D eigenvalue weighted by Crippen LogP contribution is -2.47. The van der Waals surface area contributed by atoms with Crippen LogP contribution in [0.25, 0.3) is 0 Å². The Hall–Kier alpha value is -1.45. The Morgan fingerprint density at radius 1 is 1.05 bits per heavy atom. The Kier molecular flexibility index (Phi) is 4.35. The molecular formula is C17H27N3O. The van der Waals surface area contributed by atoms with Gasteiger partial charge in [-0.15, -0.1) is 0 Å². The number of fused-ring (bicyclic) bond motifs is 1. The van der Waals surface area contributed by atoms with E-state index in [9.17, 15) is 4.79 Å². The molecular weight excluding hydrogens is 262 g/mol. The molecule has 1 aromatic rings. The first-order valence-electron chi connectivity index (χ1n) is 7.91. The van der Waals surface area contributed by atoms with Crippen molar-refractivity contribution < 1.29 is 4.79 Å². The van der Waals surface area contributed by atoms with Gasteiger partial charge in [-0.1, -0.05) is 41.5 Å². The van der Waals surface area contributed by atoms with Crippen molar-refractivity contribution in [2.24, 2.45) is 5.92 Å². The second kappa shape index (κ2) is 5.74. The van der Waals surface area contributed by atoms with Crippen LogP contribution in [-0.4, -0.2) is 33.9 Å². The van der Waals surface area contributed by atoms with Crippen LogP contribution in [0.5, 0.6) is 0 Å². The summed E-state index contributed by atoms with van der Waals surface area (Å²) in [7, 11) is 1.90. The van der Waals surface area contributed by atoms with Crippen molar-refractivity contribution >= 4 is 5.91 Å². The Morgan fingerprint density at radius 3 is 2.14 bits per heavy atom. The third-order valence-corrected chi connectivity index (χ3v) is 4.30. The van der Waals surface area contributed by atoms with E-state index in [0.717, 1.165) is 29.2 Å². The molecule has 0 radical (unpaired) electrons. The Balaban J connectivity index is 2.62. The lowest BCUT2D eigenvalue weighted by atomic mass is 9.88. The number of amides is 1. The Labute approximate surface area is 128 Å². The van der Waals surface area contributed by atoms with Crippen LogP contribution in [0.4, 0.5) is 0 Å². The third kappa shape index (κ3) is 2.81. The molecule has 21 heavy (non-hydrogen) atoms. The molecule has 0 saturated carbocycles. The van der Waals surface area contributed by atoms with E-state index in [0.29, 0.717) is 5.92 Å². The number of hydrogen-bond donors (Lipinski definition) is 0. The minimum absolute atomic E-state index is 0.0777. The maximum atomic E-state index is 12.8.